The molecule has 0 bridgehead atoms. The lowest BCUT2D eigenvalue weighted by atomic mass is 10.0. The third-order valence-corrected chi connectivity index (χ3v) is 3.53. The van der Waals surface area contributed by atoms with Crippen molar-refractivity contribution in [2.24, 2.45) is 5.92 Å². The Balaban J connectivity index is 1.73. The van der Waals surface area contributed by atoms with Gasteiger partial charge in [0.1, 0.15) is 5.75 Å². The Bertz CT molecular complexity index is 410. The Hall–Kier alpha value is -1.55. The second-order valence-electron chi connectivity index (χ2n) is 5.11. The molecule has 1 amide bonds. The summed E-state index contributed by atoms with van der Waals surface area (Å²) in [6.45, 7) is 5.01. The summed E-state index contributed by atoms with van der Waals surface area (Å²) in [5, 5.41) is 3.01. The van der Waals surface area contributed by atoms with Gasteiger partial charge in [0.05, 0.1) is 13.0 Å². The van der Waals surface area contributed by atoms with E-state index in [1.807, 2.05) is 31.2 Å². The normalized spacial score (nSPS) is 15.8. The maximum Gasteiger partial charge on any atom is 0.224 e. The molecule has 1 aliphatic heterocycles. The molecule has 0 atom stereocenters. The van der Waals surface area contributed by atoms with Gasteiger partial charge in [-0.3, -0.25) is 4.79 Å². The van der Waals surface area contributed by atoms with E-state index in [1.165, 1.54) is 0 Å². The first-order valence-corrected chi connectivity index (χ1v) is 7.34. The van der Waals surface area contributed by atoms with Gasteiger partial charge >= 0.3 is 0 Å². The van der Waals surface area contributed by atoms with E-state index in [2.05, 4.69) is 5.32 Å². The number of nitrogens with one attached hydrogen (secondary N) is 1. The van der Waals surface area contributed by atoms with Crippen LogP contribution in [0.1, 0.15) is 25.3 Å². The van der Waals surface area contributed by atoms with Gasteiger partial charge in [0.2, 0.25) is 5.91 Å². The highest BCUT2D eigenvalue weighted by Crippen LogP contribution is 2.14. The molecule has 0 unspecified atom stereocenters. The molecule has 1 heterocycles. The zero-order valence-electron chi connectivity index (χ0n) is 12.1. The molecule has 0 spiro atoms. The molecule has 0 saturated carbocycles. The molecule has 1 fully saturated rings. The smallest absolute Gasteiger partial charge is 0.224 e. The summed E-state index contributed by atoms with van der Waals surface area (Å²) < 4.78 is 10.7. The molecule has 1 aliphatic rings. The lowest BCUT2D eigenvalue weighted by Gasteiger charge is -2.22. The highest BCUT2D eigenvalue weighted by atomic mass is 16.5. The molecule has 110 valence electrons. The Labute approximate surface area is 120 Å². The number of rotatable bonds is 6. The SMILES string of the molecule is CCOc1ccc(CC(=O)NCC2CCOCC2)cc1. The zero-order chi connectivity index (χ0) is 14.2. The Morgan fingerprint density at radius 1 is 1.30 bits per heavy atom. The van der Waals surface area contributed by atoms with E-state index in [9.17, 15) is 4.79 Å². The monoisotopic (exact) mass is 277 g/mol. The van der Waals surface area contributed by atoms with Crippen LogP contribution < -0.4 is 10.1 Å². The molecule has 2 rings (SSSR count). The fourth-order valence-corrected chi connectivity index (χ4v) is 2.33. The first kappa shape index (κ1) is 14.9. The van der Waals surface area contributed by atoms with Crippen LogP contribution in [0.2, 0.25) is 0 Å². The summed E-state index contributed by atoms with van der Waals surface area (Å²) in [5.74, 6) is 1.49. The lowest BCUT2D eigenvalue weighted by Crippen LogP contribution is -2.33. The summed E-state index contributed by atoms with van der Waals surface area (Å²) >= 11 is 0. The number of hydrogen-bond donors (Lipinski definition) is 1. The van der Waals surface area contributed by atoms with Gasteiger partial charge in [0.25, 0.3) is 0 Å². The van der Waals surface area contributed by atoms with Crippen molar-refractivity contribution in [2.75, 3.05) is 26.4 Å². The maximum absolute atomic E-state index is 11.9. The molecule has 0 aliphatic carbocycles. The largest absolute Gasteiger partial charge is 0.494 e. The predicted molar refractivity (Wildman–Crippen MR) is 77.9 cm³/mol. The highest BCUT2D eigenvalue weighted by molar-refractivity contribution is 5.78. The summed E-state index contributed by atoms with van der Waals surface area (Å²) in [5.41, 5.74) is 1.01. The number of ether oxygens (including phenoxy) is 2. The van der Waals surface area contributed by atoms with E-state index in [0.29, 0.717) is 18.9 Å². The number of amides is 1. The molecule has 4 heteroatoms. The number of benzene rings is 1. The molecule has 0 radical (unpaired) electrons. The second-order valence-corrected chi connectivity index (χ2v) is 5.11. The Kier molecular flexibility index (Phi) is 5.87. The van der Waals surface area contributed by atoms with Crippen LogP contribution >= 0.6 is 0 Å². The zero-order valence-corrected chi connectivity index (χ0v) is 12.1. The summed E-state index contributed by atoms with van der Waals surface area (Å²) in [4.78, 5) is 11.9. The average molecular weight is 277 g/mol. The quantitative estimate of drug-likeness (QED) is 0.867. The predicted octanol–water partition coefficient (Wildman–Crippen LogP) is 2.17. The third kappa shape index (κ3) is 4.85. The van der Waals surface area contributed by atoms with Crippen LogP contribution in [0.5, 0.6) is 5.75 Å². The van der Waals surface area contributed by atoms with Crippen LogP contribution in [0.4, 0.5) is 0 Å². The van der Waals surface area contributed by atoms with Crippen LogP contribution in [0.15, 0.2) is 24.3 Å². The topological polar surface area (TPSA) is 47.6 Å². The summed E-state index contributed by atoms with van der Waals surface area (Å²) in [7, 11) is 0. The molecular weight excluding hydrogens is 254 g/mol. The van der Waals surface area contributed by atoms with E-state index in [-0.39, 0.29) is 5.91 Å². The first-order valence-electron chi connectivity index (χ1n) is 7.34. The molecule has 0 aromatic heterocycles. The highest BCUT2D eigenvalue weighted by Gasteiger charge is 2.14. The van der Waals surface area contributed by atoms with Crippen LogP contribution in [-0.4, -0.2) is 32.3 Å². The van der Waals surface area contributed by atoms with Crippen molar-refractivity contribution >= 4 is 5.91 Å². The average Bonchev–Trinajstić information content (AvgIpc) is 2.49. The van der Waals surface area contributed by atoms with Crippen LogP contribution in [0, 0.1) is 5.92 Å². The van der Waals surface area contributed by atoms with Crippen molar-refractivity contribution < 1.29 is 14.3 Å². The lowest BCUT2D eigenvalue weighted by molar-refractivity contribution is -0.120. The van der Waals surface area contributed by atoms with Crippen molar-refractivity contribution in [3.63, 3.8) is 0 Å². The fraction of sp³-hybridized carbons (Fsp3) is 0.562. The Morgan fingerprint density at radius 2 is 2.00 bits per heavy atom. The van der Waals surface area contributed by atoms with Crippen LogP contribution in [0.25, 0.3) is 0 Å². The van der Waals surface area contributed by atoms with Gasteiger partial charge in [-0.15, -0.1) is 0 Å². The molecule has 1 N–H and O–H groups in total. The van der Waals surface area contributed by atoms with E-state index in [0.717, 1.165) is 43.9 Å². The van der Waals surface area contributed by atoms with Gasteiger partial charge < -0.3 is 14.8 Å². The number of hydrogen-bond acceptors (Lipinski definition) is 3. The van der Waals surface area contributed by atoms with E-state index in [4.69, 9.17) is 9.47 Å². The van der Waals surface area contributed by atoms with Gasteiger partial charge in [-0.25, -0.2) is 0 Å². The summed E-state index contributed by atoms with van der Waals surface area (Å²) in [6.07, 6.45) is 2.52. The van der Waals surface area contributed by atoms with E-state index >= 15 is 0 Å². The van der Waals surface area contributed by atoms with Crippen LogP contribution in [-0.2, 0) is 16.0 Å². The Morgan fingerprint density at radius 3 is 2.65 bits per heavy atom. The number of carbonyl (C=O) groups is 1. The minimum absolute atomic E-state index is 0.0839. The van der Waals surface area contributed by atoms with E-state index < -0.39 is 0 Å². The van der Waals surface area contributed by atoms with Crippen molar-refractivity contribution in [3.05, 3.63) is 29.8 Å². The van der Waals surface area contributed by atoms with Gasteiger partial charge in [-0.1, -0.05) is 12.1 Å². The van der Waals surface area contributed by atoms with Crippen molar-refractivity contribution in [1.82, 2.24) is 5.32 Å². The molecule has 1 aromatic carbocycles. The molecule has 4 nitrogen and oxygen atoms in total. The van der Waals surface area contributed by atoms with Crippen molar-refractivity contribution in [1.29, 1.82) is 0 Å². The third-order valence-electron chi connectivity index (χ3n) is 3.53. The van der Waals surface area contributed by atoms with E-state index in [1.54, 1.807) is 0 Å². The minimum atomic E-state index is 0.0839. The van der Waals surface area contributed by atoms with Crippen molar-refractivity contribution in [3.8, 4) is 5.75 Å². The van der Waals surface area contributed by atoms with Gasteiger partial charge in [-0.05, 0) is 43.4 Å². The van der Waals surface area contributed by atoms with Gasteiger partial charge in [0.15, 0.2) is 0 Å². The van der Waals surface area contributed by atoms with Crippen LogP contribution in [0.3, 0.4) is 0 Å². The maximum atomic E-state index is 11.9. The summed E-state index contributed by atoms with van der Waals surface area (Å²) in [6, 6.07) is 7.70. The first-order chi connectivity index (χ1) is 9.78. The van der Waals surface area contributed by atoms with Gasteiger partial charge in [0, 0.05) is 19.8 Å². The van der Waals surface area contributed by atoms with Gasteiger partial charge in [-0.2, -0.15) is 0 Å². The molecular formula is C16H23NO3. The standard InChI is InChI=1S/C16H23NO3/c1-2-20-15-5-3-13(4-6-15)11-16(18)17-12-14-7-9-19-10-8-14/h3-6,14H,2,7-12H2,1H3,(H,17,18). The molecule has 1 aromatic rings. The minimum Gasteiger partial charge on any atom is -0.494 e. The molecule has 20 heavy (non-hydrogen) atoms. The number of carbonyl (C=O) groups excluding carboxylic acids is 1. The fourth-order valence-electron chi connectivity index (χ4n) is 2.33. The molecule has 1 saturated heterocycles. The van der Waals surface area contributed by atoms with Crippen molar-refractivity contribution in [2.45, 2.75) is 26.2 Å². The second kappa shape index (κ2) is 7.90.